The second-order valence-corrected chi connectivity index (χ2v) is 9.84. The number of hydrogen-bond acceptors (Lipinski definition) is 5. The van der Waals surface area contributed by atoms with Gasteiger partial charge in [0.1, 0.15) is 40.4 Å². The molecule has 10 heteroatoms. The number of piperazine rings is 1. The molecule has 0 saturated carbocycles. The molecule has 4 aromatic rings. The Balaban J connectivity index is 1.62. The van der Waals surface area contributed by atoms with Crippen LogP contribution in [0.2, 0.25) is 0 Å². The molecule has 0 aliphatic carbocycles. The van der Waals surface area contributed by atoms with E-state index < -0.39 is 47.0 Å². The van der Waals surface area contributed by atoms with Gasteiger partial charge < -0.3 is 9.47 Å². The van der Waals surface area contributed by atoms with Gasteiger partial charge in [0.05, 0.1) is 11.6 Å². The molecule has 3 heterocycles. The Morgan fingerprint density at radius 2 is 1.62 bits per heavy atom. The van der Waals surface area contributed by atoms with Crippen LogP contribution in [0, 0.1) is 34.6 Å². The predicted molar refractivity (Wildman–Crippen MR) is 139 cm³/mol. The molecular weight excluding hydrogens is 510 g/mol. The fourth-order valence-corrected chi connectivity index (χ4v) is 5.45. The van der Waals surface area contributed by atoms with E-state index in [4.69, 9.17) is 0 Å². The first-order valence-corrected chi connectivity index (χ1v) is 12.4. The molecule has 6 nitrogen and oxygen atoms in total. The highest BCUT2D eigenvalue weighted by Crippen LogP contribution is 2.38. The topological polar surface area (TPSA) is 65.2 Å². The molecule has 1 unspecified atom stereocenters. The van der Waals surface area contributed by atoms with E-state index in [-0.39, 0.29) is 35.6 Å². The molecule has 3 atom stereocenters. The van der Waals surface area contributed by atoms with Crippen LogP contribution in [-0.2, 0) is 7.05 Å². The fourth-order valence-electron chi connectivity index (χ4n) is 5.45. The van der Waals surface area contributed by atoms with Crippen molar-refractivity contribution in [3.05, 3.63) is 105 Å². The molecule has 1 saturated heterocycles. The van der Waals surface area contributed by atoms with Crippen molar-refractivity contribution in [2.24, 2.45) is 7.05 Å². The molecule has 0 radical (unpaired) electrons. The molecule has 0 spiro atoms. The second kappa shape index (κ2) is 10.2. The second-order valence-electron chi connectivity index (χ2n) is 9.84. The van der Waals surface area contributed by atoms with Crippen LogP contribution in [0.4, 0.5) is 23.2 Å². The highest BCUT2D eigenvalue weighted by Gasteiger charge is 2.39. The quantitative estimate of drug-likeness (QED) is 0.342. The van der Waals surface area contributed by atoms with Gasteiger partial charge in [-0.25, -0.2) is 18.2 Å². The number of halogens is 4. The monoisotopic (exact) mass is 535 g/mol. The predicted octanol–water partition coefficient (Wildman–Crippen LogP) is 5.05. The molecule has 2 aromatic heterocycles. The lowest BCUT2D eigenvalue weighted by Crippen LogP contribution is -2.58. The zero-order valence-electron chi connectivity index (χ0n) is 21.5. The summed E-state index contributed by atoms with van der Waals surface area (Å²) in [5.41, 5.74) is 0.114. The van der Waals surface area contributed by atoms with E-state index in [1.807, 2.05) is 24.8 Å². The molecule has 200 valence electrons. The van der Waals surface area contributed by atoms with Crippen LogP contribution in [-0.4, -0.2) is 39.6 Å². The van der Waals surface area contributed by atoms with Crippen LogP contribution in [0.1, 0.15) is 36.7 Å². The van der Waals surface area contributed by atoms with E-state index in [0.29, 0.717) is 11.1 Å². The van der Waals surface area contributed by atoms with Crippen LogP contribution >= 0.6 is 0 Å². The number of rotatable bonds is 4. The van der Waals surface area contributed by atoms with Gasteiger partial charge in [0.25, 0.3) is 5.56 Å². The number of benzene rings is 2. The zero-order valence-corrected chi connectivity index (χ0v) is 21.5. The lowest BCUT2D eigenvalue weighted by atomic mass is 9.92. The number of pyridine rings is 2. The first-order chi connectivity index (χ1) is 18.6. The average Bonchev–Trinajstić information content (AvgIpc) is 2.92. The maximum Gasteiger partial charge on any atom is 0.289 e. The standard InChI is InChI=1S/C29H25F4N5O/c1-16-15-38(28-25(33)29(39)36(3)23-12-11-20(13-34)35-26(23)28)17(2)14-37(16)27(18-7-9-19(30)10-8-18)24-21(31)5-4-6-22(24)32/h4-12,16-17,27H,14-15H2,1-3H3/t16-,17+,27?/m1/s1. The van der Waals surface area contributed by atoms with Crippen LogP contribution in [0.25, 0.3) is 11.0 Å². The highest BCUT2D eigenvalue weighted by atomic mass is 19.1. The number of aromatic nitrogens is 2. The molecular formula is C29H25F4N5O. The number of hydrogen-bond donors (Lipinski definition) is 0. The van der Waals surface area contributed by atoms with Crippen molar-refractivity contribution in [2.75, 3.05) is 18.0 Å². The third-order valence-electron chi connectivity index (χ3n) is 7.39. The van der Waals surface area contributed by atoms with Crippen molar-refractivity contribution in [3.8, 4) is 6.07 Å². The largest absolute Gasteiger partial charge is 0.362 e. The number of nitrogens with zero attached hydrogens (tertiary/aromatic N) is 5. The van der Waals surface area contributed by atoms with Gasteiger partial charge in [0.15, 0.2) is 0 Å². The summed E-state index contributed by atoms with van der Waals surface area (Å²) in [6.45, 7) is 4.07. The van der Waals surface area contributed by atoms with Crippen LogP contribution in [0.3, 0.4) is 0 Å². The molecule has 1 fully saturated rings. The van der Waals surface area contributed by atoms with E-state index in [2.05, 4.69) is 4.98 Å². The third-order valence-corrected chi connectivity index (χ3v) is 7.39. The summed E-state index contributed by atoms with van der Waals surface area (Å²) in [6, 6.07) is 12.4. The van der Waals surface area contributed by atoms with Gasteiger partial charge in [-0.05, 0) is 55.8 Å². The third kappa shape index (κ3) is 4.53. The normalized spacial score (nSPS) is 18.8. The van der Waals surface area contributed by atoms with E-state index in [1.165, 1.54) is 55.6 Å². The van der Waals surface area contributed by atoms with Gasteiger partial charge in [-0.3, -0.25) is 9.69 Å². The summed E-state index contributed by atoms with van der Waals surface area (Å²) in [4.78, 5) is 20.7. The van der Waals surface area contributed by atoms with Gasteiger partial charge in [0.2, 0.25) is 5.82 Å². The Bertz CT molecular complexity index is 1640. The van der Waals surface area contributed by atoms with Crippen molar-refractivity contribution in [3.63, 3.8) is 0 Å². The van der Waals surface area contributed by atoms with Crippen molar-refractivity contribution in [2.45, 2.75) is 32.0 Å². The number of nitriles is 1. The number of fused-ring (bicyclic) bond motifs is 1. The van der Waals surface area contributed by atoms with E-state index in [1.54, 1.807) is 11.0 Å². The minimum atomic E-state index is -0.990. The van der Waals surface area contributed by atoms with Crippen LogP contribution in [0.15, 0.2) is 59.4 Å². The van der Waals surface area contributed by atoms with Gasteiger partial charge in [-0.15, -0.1) is 0 Å². The molecule has 39 heavy (non-hydrogen) atoms. The summed E-state index contributed by atoms with van der Waals surface area (Å²) < 4.78 is 60.7. The Morgan fingerprint density at radius 3 is 2.26 bits per heavy atom. The highest BCUT2D eigenvalue weighted by molar-refractivity contribution is 5.89. The van der Waals surface area contributed by atoms with Crippen LogP contribution < -0.4 is 10.5 Å². The summed E-state index contributed by atoms with van der Waals surface area (Å²) in [5, 5.41) is 9.38. The lowest BCUT2D eigenvalue weighted by molar-refractivity contribution is 0.125. The molecule has 0 N–H and O–H groups in total. The van der Waals surface area contributed by atoms with E-state index in [0.717, 1.165) is 4.57 Å². The first kappa shape index (κ1) is 26.4. The average molecular weight is 536 g/mol. The fraction of sp³-hybridized carbons (Fsp3) is 0.276. The molecule has 0 bridgehead atoms. The lowest BCUT2D eigenvalue weighted by Gasteiger charge is -2.48. The molecule has 2 aromatic carbocycles. The summed E-state index contributed by atoms with van der Waals surface area (Å²) >= 11 is 0. The summed E-state index contributed by atoms with van der Waals surface area (Å²) in [5.74, 6) is -2.93. The Hall–Kier alpha value is -4.23. The van der Waals surface area contributed by atoms with Crippen LogP contribution in [0.5, 0.6) is 0 Å². The first-order valence-electron chi connectivity index (χ1n) is 12.4. The van der Waals surface area contributed by atoms with Crippen molar-refractivity contribution < 1.29 is 17.6 Å². The molecule has 1 aliphatic rings. The zero-order chi connectivity index (χ0) is 28.0. The minimum absolute atomic E-state index is 0.0143. The van der Waals surface area contributed by atoms with E-state index >= 15 is 13.2 Å². The van der Waals surface area contributed by atoms with Gasteiger partial charge in [-0.1, -0.05) is 18.2 Å². The summed E-state index contributed by atoms with van der Waals surface area (Å²) in [6.07, 6.45) is 0. The number of aryl methyl sites for hydroxylation is 1. The smallest absolute Gasteiger partial charge is 0.289 e. The maximum atomic E-state index is 15.6. The van der Waals surface area contributed by atoms with E-state index in [9.17, 15) is 14.4 Å². The number of anilines is 1. The minimum Gasteiger partial charge on any atom is -0.362 e. The van der Waals surface area contributed by atoms with Crippen molar-refractivity contribution >= 4 is 16.7 Å². The Kier molecular flexibility index (Phi) is 6.87. The molecule has 1 aliphatic heterocycles. The Labute approximate surface area is 222 Å². The summed E-state index contributed by atoms with van der Waals surface area (Å²) in [7, 11) is 1.44. The van der Waals surface area contributed by atoms with Gasteiger partial charge >= 0.3 is 0 Å². The SMILES string of the molecule is C[C@@H]1CN(c2c(F)c(=O)n(C)c3ccc(C#N)nc23)[C@@H](C)CN1C(c1ccc(F)cc1)c1c(F)cccc1F. The van der Waals surface area contributed by atoms with Gasteiger partial charge in [-0.2, -0.15) is 9.65 Å². The van der Waals surface area contributed by atoms with Crippen molar-refractivity contribution in [1.29, 1.82) is 5.26 Å². The molecule has 5 rings (SSSR count). The van der Waals surface area contributed by atoms with Gasteiger partial charge in [0, 0.05) is 37.8 Å². The maximum absolute atomic E-state index is 15.6. The van der Waals surface area contributed by atoms with Crippen molar-refractivity contribution in [1.82, 2.24) is 14.5 Å². The molecule has 0 amide bonds. The Morgan fingerprint density at radius 1 is 0.949 bits per heavy atom.